The first-order chi connectivity index (χ1) is 8.65. The van der Waals surface area contributed by atoms with Gasteiger partial charge < -0.3 is 10.3 Å². The molecule has 0 bridgehead atoms. The van der Waals surface area contributed by atoms with Crippen molar-refractivity contribution in [1.29, 1.82) is 0 Å². The molecule has 0 aliphatic rings. The highest BCUT2D eigenvalue weighted by Crippen LogP contribution is 2.38. The zero-order valence-corrected chi connectivity index (χ0v) is 11.7. The molecule has 1 aromatic carbocycles. The van der Waals surface area contributed by atoms with E-state index in [1.807, 2.05) is 25.1 Å². The molecule has 2 heterocycles. The molecule has 0 fully saturated rings. The number of nitrogens with zero attached hydrogens (tertiary/aromatic N) is 1. The number of nitrogens with one attached hydrogen (secondary N) is 2. The number of H-pyrrole nitrogens is 1. The van der Waals surface area contributed by atoms with E-state index in [9.17, 15) is 0 Å². The van der Waals surface area contributed by atoms with Crippen LogP contribution < -0.4 is 5.32 Å². The van der Waals surface area contributed by atoms with E-state index in [-0.39, 0.29) is 0 Å². The number of thiophene rings is 1. The molecule has 2 aromatic heterocycles. The number of benzene rings is 1. The van der Waals surface area contributed by atoms with Crippen LogP contribution in [-0.4, -0.2) is 9.97 Å². The average molecular weight is 298 g/mol. The third-order valence-corrected chi connectivity index (χ3v) is 4.31. The molecule has 18 heavy (non-hydrogen) atoms. The molecule has 0 aliphatic heterocycles. The molecule has 92 valence electrons. The van der Waals surface area contributed by atoms with Crippen molar-refractivity contribution < 1.29 is 0 Å². The van der Waals surface area contributed by atoms with Crippen LogP contribution in [0.5, 0.6) is 0 Å². The van der Waals surface area contributed by atoms with Crippen LogP contribution in [0.3, 0.4) is 0 Å². The number of para-hydroxylation sites is 1. The molecule has 0 amide bonds. The van der Waals surface area contributed by atoms with Gasteiger partial charge in [-0.05, 0) is 18.6 Å². The fourth-order valence-electron chi connectivity index (χ4n) is 1.78. The summed E-state index contributed by atoms with van der Waals surface area (Å²) in [4.78, 5) is 7.68. The van der Waals surface area contributed by atoms with Crippen molar-refractivity contribution >= 4 is 57.2 Å². The summed E-state index contributed by atoms with van der Waals surface area (Å²) < 4.78 is 0.622. The molecule has 0 aliphatic carbocycles. The summed E-state index contributed by atoms with van der Waals surface area (Å²) >= 11 is 13.5. The Kier molecular flexibility index (Phi) is 2.93. The molecule has 3 aromatic rings. The molecule has 3 nitrogen and oxygen atoms in total. The highest BCUT2D eigenvalue weighted by molar-refractivity contribution is 7.15. The molecular weight excluding hydrogens is 289 g/mol. The third-order valence-electron chi connectivity index (χ3n) is 2.66. The van der Waals surface area contributed by atoms with Gasteiger partial charge in [-0.1, -0.05) is 35.3 Å². The fourth-order valence-corrected chi connectivity index (χ4v) is 3.04. The van der Waals surface area contributed by atoms with E-state index in [1.165, 1.54) is 11.3 Å². The van der Waals surface area contributed by atoms with Gasteiger partial charge in [-0.2, -0.15) is 0 Å². The zero-order chi connectivity index (χ0) is 12.7. The van der Waals surface area contributed by atoms with Crippen LogP contribution in [0, 0.1) is 6.92 Å². The Hall–Kier alpha value is -1.23. The Morgan fingerprint density at radius 2 is 2.17 bits per heavy atom. The summed E-state index contributed by atoms with van der Waals surface area (Å²) in [6.45, 7) is 2.03. The minimum absolute atomic E-state index is 0.599. The SMILES string of the molecule is Cc1cccc2[nH]c(Nc3c(Cl)csc3Cl)nc12. The highest BCUT2D eigenvalue weighted by Gasteiger charge is 2.11. The van der Waals surface area contributed by atoms with Crippen molar-refractivity contribution in [1.82, 2.24) is 9.97 Å². The van der Waals surface area contributed by atoms with Gasteiger partial charge in [0, 0.05) is 5.38 Å². The van der Waals surface area contributed by atoms with Crippen molar-refractivity contribution in [2.45, 2.75) is 6.92 Å². The predicted molar refractivity (Wildman–Crippen MR) is 78.5 cm³/mol. The highest BCUT2D eigenvalue weighted by atomic mass is 35.5. The molecule has 3 rings (SSSR count). The van der Waals surface area contributed by atoms with Gasteiger partial charge in [0.2, 0.25) is 5.95 Å². The number of fused-ring (bicyclic) bond motifs is 1. The summed E-state index contributed by atoms with van der Waals surface area (Å²) in [5, 5.41) is 5.51. The van der Waals surface area contributed by atoms with E-state index in [1.54, 1.807) is 5.38 Å². The number of imidazole rings is 1. The van der Waals surface area contributed by atoms with E-state index in [0.29, 0.717) is 21.0 Å². The first-order valence-corrected chi connectivity index (χ1v) is 6.93. The van der Waals surface area contributed by atoms with Gasteiger partial charge in [-0.3, -0.25) is 0 Å². The van der Waals surface area contributed by atoms with Gasteiger partial charge in [0.15, 0.2) is 0 Å². The third kappa shape index (κ3) is 1.96. The summed E-state index contributed by atoms with van der Waals surface area (Å²) in [6.07, 6.45) is 0. The van der Waals surface area contributed by atoms with Crippen molar-refractivity contribution in [2.24, 2.45) is 0 Å². The minimum atomic E-state index is 0.599. The number of aromatic nitrogens is 2. The topological polar surface area (TPSA) is 40.7 Å². The van der Waals surface area contributed by atoms with E-state index in [0.717, 1.165) is 16.6 Å². The second-order valence-corrected chi connectivity index (χ2v) is 5.80. The van der Waals surface area contributed by atoms with Crippen LogP contribution >= 0.6 is 34.5 Å². The normalized spacial score (nSPS) is 11.1. The zero-order valence-electron chi connectivity index (χ0n) is 9.42. The minimum Gasteiger partial charge on any atom is -0.324 e. The molecule has 0 saturated carbocycles. The number of aryl methyl sites for hydroxylation is 1. The van der Waals surface area contributed by atoms with Crippen LogP contribution in [0.1, 0.15) is 5.56 Å². The van der Waals surface area contributed by atoms with Crippen LogP contribution in [0.25, 0.3) is 11.0 Å². The van der Waals surface area contributed by atoms with Crippen molar-refractivity contribution in [3.05, 3.63) is 38.5 Å². The van der Waals surface area contributed by atoms with E-state index >= 15 is 0 Å². The van der Waals surface area contributed by atoms with Crippen LogP contribution in [-0.2, 0) is 0 Å². The van der Waals surface area contributed by atoms with Gasteiger partial charge in [-0.15, -0.1) is 11.3 Å². The summed E-state index contributed by atoms with van der Waals surface area (Å²) in [5.41, 5.74) is 3.75. The van der Waals surface area contributed by atoms with Gasteiger partial charge in [0.1, 0.15) is 4.34 Å². The molecule has 0 saturated heterocycles. The van der Waals surface area contributed by atoms with Crippen molar-refractivity contribution in [2.75, 3.05) is 5.32 Å². The molecule has 0 radical (unpaired) electrons. The van der Waals surface area contributed by atoms with E-state index < -0.39 is 0 Å². The molecule has 6 heteroatoms. The monoisotopic (exact) mass is 297 g/mol. The maximum Gasteiger partial charge on any atom is 0.205 e. The summed E-state index contributed by atoms with van der Waals surface area (Å²) in [5.74, 6) is 0.640. The van der Waals surface area contributed by atoms with E-state index in [4.69, 9.17) is 23.2 Å². The Balaban J connectivity index is 2.03. The van der Waals surface area contributed by atoms with Gasteiger partial charge in [0.25, 0.3) is 0 Å². The lowest BCUT2D eigenvalue weighted by molar-refractivity contribution is 1.31. The second-order valence-electron chi connectivity index (χ2n) is 3.91. The Morgan fingerprint density at radius 1 is 1.33 bits per heavy atom. The molecular formula is C12H9Cl2N3S. The summed E-state index contributed by atoms with van der Waals surface area (Å²) in [7, 11) is 0. The Labute approximate surface area is 118 Å². The lowest BCUT2D eigenvalue weighted by Gasteiger charge is -2.00. The Bertz CT molecular complexity index is 698. The molecule has 2 N–H and O–H groups in total. The fraction of sp³-hybridized carbons (Fsp3) is 0.0833. The first kappa shape index (κ1) is 11.8. The van der Waals surface area contributed by atoms with Crippen LogP contribution in [0.2, 0.25) is 9.36 Å². The molecule has 0 unspecified atom stereocenters. The number of aromatic amines is 1. The first-order valence-electron chi connectivity index (χ1n) is 5.30. The maximum atomic E-state index is 6.05. The number of hydrogen-bond donors (Lipinski definition) is 2. The molecule has 0 atom stereocenters. The Morgan fingerprint density at radius 3 is 2.83 bits per heavy atom. The quantitative estimate of drug-likeness (QED) is 0.700. The second kappa shape index (κ2) is 4.46. The number of hydrogen-bond acceptors (Lipinski definition) is 3. The summed E-state index contributed by atoms with van der Waals surface area (Å²) in [6, 6.07) is 6.00. The van der Waals surface area contributed by atoms with Crippen LogP contribution in [0.15, 0.2) is 23.6 Å². The maximum absolute atomic E-state index is 6.05. The van der Waals surface area contributed by atoms with Crippen molar-refractivity contribution in [3.63, 3.8) is 0 Å². The number of halogens is 2. The average Bonchev–Trinajstić information content (AvgIpc) is 2.89. The van der Waals surface area contributed by atoms with Crippen molar-refractivity contribution in [3.8, 4) is 0 Å². The smallest absolute Gasteiger partial charge is 0.205 e. The number of anilines is 2. The predicted octanol–water partition coefficient (Wildman–Crippen LogP) is 4.98. The lowest BCUT2D eigenvalue weighted by Crippen LogP contribution is -1.91. The van der Waals surface area contributed by atoms with Gasteiger partial charge >= 0.3 is 0 Å². The van der Waals surface area contributed by atoms with Crippen LogP contribution in [0.4, 0.5) is 11.6 Å². The lowest BCUT2D eigenvalue weighted by atomic mass is 10.2. The largest absolute Gasteiger partial charge is 0.324 e. The van der Waals surface area contributed by atoms with Gasteiger partial charge in [0.05, 0.1) is 21.7 Å². The molecule has 0 spiro atoms. The number of rotatable bonds is 2. The van der Waals surface area contributed by atoms with Gasteiger partial charge in [-0.25, -0.2) is 4.98 Å². The standard InChI is InChI=1S/C12H9Cl2N3S/c1-6-3-2-4-8-9(6)16-12(15-8)17-10-7(13)5-18-11(10)14/h2-5H,1H3,(H2,15,16,17). The van der Waals surface area contributed by atoms with E-state index in [2.05, 4.69) is 15.3 Å².